The normalized spacial score (nSPS) is 9.42. The summed E-state index contributed by atoms with van der Waals surface area (Å²) in [5, 5.41) is 8.70. The van der Waals surface area contributed by atoms with Crippen molar-refractivity contribution in [3.63, 3.8) is 0 Å². The Hall–Kier alpha value is -1.62. The molecule has 0 unspecified atom stereocenters. The molecule has 5 nitrogen and oxygen atoms in total. The summed E-state index contributed by atoms with van der Waals surface area (Å²) in [6.45, 7) is -0.127. The highest BCUT2D eigenvalue weighted by atomic mass is 16.6. The Labute approximate surface area is 68.8 Å². The largest absolute Gasteiger partial charge is 0.411 e. The molecular weight excluding hydrogens is 160 g/mol. The van der Waals surface area contributed by atoms with Crippen molar-refractivity contribution < 1.29 is 14.6 Å². The van der Waals surface area contributed by atoms with E-state index in [4.69, 9.17) is 10.8 Å². The maximum absolute atomic E-state index is 10.3. The highest BCUT2D eigenvalue weighted by molar-refractivity contribution is 5.67. The number of nitrogens with zero attached hydrogens (tertiary/aromatic N) is 1. The van der Waals surface area contributed by atoms with E-state index in [0.29, 0.717) is 5.56 Å². The molecule has 0 saturated carbocycles. The van der Waals surface area contributed by atoms with Gasteiger partial charge in [0, 0.05) is 12.3 Å². The van der Waals surface area contributed by atoms with Crippen LogP contribution in [0.2, 0.25) is 0 Å². The summed E-state index contributed by atoms with van der Waals surface area (Å²) in [5.74, 6) is 0.0917. The second-order valence-corrected chi connectivity index (χ2v) is 2.08. The van der Waals surface area contributed by atoms with E-state index in [9.17, 15) is 4.79 Å². The molecule has 0 aromatic carbocycles. The molecule has 0 aliphatic rings. The zero-order valence-corrected chi connectivity index (χ0v) is 6.23. The van der Waals surface area contributed by atoms with E-state index in [1.165, 1.54) is 12.3 Å². The summed E-state index contributed by atoms with van der Waals surface area (Å²) < 4.78 is 4.47. The number of amides is 1. The molecule has 0 atom stereocenters. The number of carbonyl (C=O) groups excluding carboxylic acids is 1. The molecular formula is C7H8N2O3. The minimum atomic E-state index is -0.919. The number of hydrogen-bond donors (Lipinski definition) is 2. The minimum absolute atomic E-state index is 0.0917. The first kappa shape index (κ1) is 8.48. The van der Waals surface area contributed by atoms with Crippen molar-refractivity contribution >= 4 is 6.09 Å². The Morgan fingerprint density at radius 2 is 2.50 bits per heavy atom. The van der Waals surface area contributed by atoms with Crippen LogP contribution in [-0.2, 0) is 6.61 Å². The fourth-order valence-electron chi connectivity index (χ4n) is 0.708. The lowest BCUT2D eigenvalue weighted by Gasteiger charge is -2.00. The Balaban J connectivity index is 2.79. The Bertz CT molecular complexity index is 288. The number of ether oxygens (including phenoxy) is 1. The van der Waals surface area contributed by atoms with Gasteiger partial charge in [0.15, 0.2) is 0 Å². The van der Waals surface area contributed by atoms with E-state index in [1.807, 2.05) is 0 Å². The highest BCUT2D eigenvalue weighted by Crippen LogP contribution is 2.08. The van der Waals surface area contributed by atoms with Gasteiger partial charge in [0.2, 0.25) is 5.88 Å². The number of primary amides is 1. The van der Waals surface area contributed by atoms with Gasteiger partial charge in [-0.05, 0) is 11.6 Å². The van der Waals surface area contributed by atoms with Gasteiger partial charge >= 0.3 is 6.09 Å². The molecule has 0 fully saturated rings. The maximum Gasteiger partial charge on any atom is 0.411 e. The van der Waals surface area contributed by atoms with Crippen molar-refractivity contribution in [1.82, 2.24) is 4.98 Å². The summed E-state index contributed by atoms with van der Waals surface area (Å²) in [7, 11) is 0. The SMILES string of the molecule is NC(=O)Oc1cc(CO)ccn1. The van der Waals surface area contributed by atoms with Crippen molar-refractivity contribution in [1.29, 1.82) is 0 Å². The van der Waals surface area contributed by atoms with E-state index < -0.39 is 6.09 Å². The van der Waals surface area contributed by atoms with Gasteiger partial charge in [-0.25, -0.2) is 9.78 Å². The minimum Gasteiger partial charge on any atom is -0.392 e. The molecule has 0 aliphatic heterocycles. The fourth-order valence-corrected chi connectivity index (χ4v) is 0.708. The molecule has 3 N–H and O–H groups in total. The number of pyridine rings is 1. The van der Waals surface area contributed by atoms with Gasteiger partial charge in [0.25, 0.3) is 0 Å². The van der Waals surface area contributed by atoms with Crippen molar-refractivity contribution in [2.75, 3.05) is 0 Å². The molecule has 1 aromatic rings. The van der Waals surface area contributed by atoms with Crippen LogP contribution in [-0.4, -0.2) is 16.2 Å². The molecule has 1 aromatic heterocycles. The van der Waals surface area contributed by atoms with Crippen LogP contribution in [0, 0.1) is 0 Å². The summed E-state index contributed by atoms with van der Waals surface area (Å²) >= 11 is 0. The smallest absolute Gasteiger partial charge is 0.392 e. The average molecular weight is 168 g/mol. The first-order valence-corrected chi connectivity index (χ1v) is 3.25. The lowest BCUT2D eigenvalue weighted by Crippen LogP contribution is -2.16. The van der Waals surface area contributed by atoms with Crippen LogP contribution in [0.5, 0.6) is 5.88 Å². The van der Waals surface area contributed by atoms with E-state index in [2.05, 4.69) is 9.72 Å². The maximum atomic E-state index is 10.3. The average Bonchev–Trinajstić information content (AvgIpc) is 2.03. The summed E-state index contributed by atoms with van der Waals surface area (Å²) in [6, 6.07) is 3.04. The van der Waals surface area contributed by atoms with Crippen LogP contribution in [0.1, 0.15) is 5.56 Å². The quantitative estimate of drug-likeness (QED) is 0.652. The van der Waals surface area contributed by atoms with Gasteiger partial charge < -0.3 is 15.6 Å². The summed E-state index contributed by atoms with van der Waals surface area (Å²) in [6.07, 6.45) is 0.502. The highest BCUT2D eigenvalue weighted by Gasteiger charge is 2.00. The molecule has 0 bridgehead atoms. The van der Waals surface area contributed by atoms with E-state index in [1.54, 1.807) is 6.07 Å². The first-order chi connectivity index (χ1) is 5.72. The van der Waals surface area contributed by atoms with E-state index >= 15 is 0 Å². The number of aliphatic hydroxyl groups is 1. The predicted molar refractivity (Wildman–Crippen MR) is 40.4 cm³/mol. The van der Waals surface area contributed by atoms with Crippen molar-refractivity contribution in [3.8, 4) is 5.88 Å². The predicted octanol–water partition coefficient (Wildman–Crippen LogP) is 0.0314. The van der Waals surface area contributed by atoms with E-state index in [0.717, 1.165) is 0 Å². The molecule has 5 heteroatoms. The first-order valence-electron chi connectivity index (χ1n) is 3.25. The molecule has 0 saturated heterocycles. The summed E-state index contributed by atoms with van der Waals surface area (Å²) in [4.78, 5) is 14.0. The lowest BCUT2D eigenvalue weighted by molar-refractivity contribution is 0.208. The van der Waals surface area contributed by atoms with E-state index in [-0.39, 0.29) is 12.5 Å². The molecule has 1 amide bonds. The third-order valence-corrected chi connectivity index (χ3v) is 1.19. The molecule has 0 aliphatic carbocycles. The number of carbonyl (C=O) groups is 1. The molecule has 1 heterocycles. The number of aliphatic hydroxyl groups excluding tert-OH is 1. The van der Waals surface area contributed by atoms with Crippen LogP contribution < -0.4 is 10.5 Å². The second-order valence-electron chi connectivity index (χ2n) is 2.08. The molecule has 64 valence electrons. The zero-order chi connectivity index (χ0) is 8.97. The van der Waals surface area contributed by atoms with Crippen LogP contribution in [0.15, 0.2) is 18.3 Å². The van der Waals surface area contributed by atoms with Crippen molar-refractivity contribution in [2.24, 2.45) is 5.73 Å². The van der Waals surface area contributed by atoms with Crippen LogP contribution in [0.3, 0.4) is 0 Å². The Morgan fingerprint density at radius 3 is 3.08 bits per heavy atom. The second kappa shape index (κ2) is 3.68. The molecule has 1 rings (SSSR count). The topological polar surface area (TPSA) is 85.4 Å². The van der Waals surface area contributed by atoms with Crippen molar-refractivity contribution in [3.05, 3.63) is 23.9 Å². The molecule has 12 heavy (non-hydrogen) atoms. The number of rotatable bonds is 2. The number of hydrogen-bond acceptors (Lipinski definition) is 4. The number of nitrogens with two attached hydrogens (primary N) is 1. The van der Waals surface area contributed by atoms with Gasteiger partial charge in [-0.1, -0.05) is 0 Å². The van der Waals surface area contributed by atoms with Crippen LogP contribution >= 0.6 is 0 Å². The molecule has 0 radical (unpaired) electrons. The third-order valence-electron chi connectivity index (χ3n) is 1.19. The number of aromatic nitrogens is 1. The van der Waals surface area contributed by atoms with Gasteiger partial charge in [-0.3, -0.25) is 0 Å². The lowest BCUT2D eigenvalue weighted by atomic mass is 10.3. The summed E-state index contributed by atoms with van der Waals surface area (Å²) in [5.41, 5.74) is 5.36. The van der Waals surface area contributed by atoms with Crippen LogP contribution in [0.25, 0.3) is 0 Å². The van der Waals surface area contributed by atoms with Gasteiger partial charge in [-0.2, -0.15) is 0 Å². The van der Waals surface area contributed by atoms with Gasteiger partial charge in [-0.15, -0.1) is 0 Å². The molecule has 0 spiro atoms. The van der Waals surface area contributed by atoms with Crippen molar-refractivity contribution in [2.45, 2.75) is 6.61 Å². The third kappa shape index (κ3) is 2.21. The fraction of sp³-hybridized carbons (Fsp3) is 0.143. The Morgan fingerprint density at radius 1 is 1.75 bits per heavy atom. The standard InChI is InChI=1S/C7H8N2O3/c8-7(11)12-6-3-5(4-10)1-2-9-6/h1-3,10H,4H2,(H2,8,11). The zero-order valence-electron chi connectivity index (χ0n) is 6.23. The monoisotopic (exact) mass is 168 g/mol. The van der Waals surface area contributed by atoms with Crippen LogP contribution in [0.4, 0.5) is 4.79 Å². The Kier molecular flexibility index (Phi) is 2.60. The van der Waals surface area contributed by atoms with Gasteiger partial charge in [0.1, 0.15) is 0 Å². The van der Waals surface area contributed by atoms with Gasteiger partial charge in [0.05, 0.1) is 6.61 Å².